The minimum Gasteiger partial charge on any atom is -0.363 e. The third kappa shape index (κ3) is 4.32. The molecule has 10 heteroatoms. The molecule has 0 saturated heterocycles. The Morgan fingerprint density at radius 2 is 2.07 bits per heavy atom. The Bertz CT molecular complexity index is 984. The highest BCUT2D eigenvalue weighted by atomic mass is 19.4. The smallest absolute Gasteiger partial charge is 0.363 e. The van der Waals surface area contributed by atoms with Crippen LogP contribution in [0.1, 0.15) is 41.0 Å². The van der Waals surface area contributed by atoms with Crippen molar-refractivity contribution in [1.29, 1.82) is 0 Å². The summed E-state index contributed by atoms with van der Waals surface area (Å²) < 4.78 is 43.9. The third-order valence-corrected chi connectivity index (χ3v) is 5.06. The van der Waals surface area contributed by atoms with Crippen molar-refractivity contribution in [2.75, 3.05) is 11.9 Å². The van der Waals surface area contributed by atoms with Crippen molar-refractivity contribution in [3.8, 4) is 0 Å². The van der Waals surface area contributed by atoms with E-state index in [1.807, 2.05) is 16.8 Å². The Morgan fingerprint density at radius 1 is 1.27 bits per heavy atom. The maximum Gasteiger partial charge on any atom is 0.410 e. The molecule has 4 rings (SSSR count). The highest BCUT2D eigenvalue weighted by molar-refractivity contribution is 5.93. The van der Waals surface area contributed by atoms with Gasteiger partial charge in [0.1, 0.15) is 5.82 Å². The molecule has 0 radical (unpaired) electrons. The first-order valence-electron chi connectivity index (χ1n) is 9.63. The van der Waals surface area contributed by atoms with Crippen LogP contribution in [0, 0.1) is 0 Å². The van der Waals surface area contributed by atoms with Crippen LogP contribution >= 0.6 is 0 Å². The molecule has 1 aliphatic rings. The normalized spacial score (nSPS) is 18.5. The van der Waals surface area contributed by atoms with Gasteiger partial charge in [-0.25, -0.2) is 9.67 Å². The van der Waals surface area contributed by atoms with Gasteiger partial charge in [0.05, 0.1) is 12.4 Å². The number of halogens is 3. The van der Waals surface area contributed by atoms with Crippen LogP contribution in [0.15, 0.2) is 55.1 Å². The van der Waals surface area contributed by atoms with E-state index in [2.05, 4.69) is 20.7 Å². The molecule has 0 fully saturated rings. The Balaban J connectivity index is 1.47. The number of aryl methyl sites for hydroxylation is 1. The summed E-state index contributed by atoms with van der Waals surface area (Å²) in [5, 5.41) is 9.76. The fraction of sp³-hybridized carbons (Fsp3) is 0.350. The summed E-state index contributed by atoms with van der Waals surface area (Å²) in [6, 6.07) is 8.00. The predicted octanol–water partition coefficient (Wildman–Crippen LogP) is 3.56. The molecule has 1 aromatic carbocycles. The summed E-state index contributed by atoms with van der Waals surface area (Å²) >= 11 is 0. The fourth-order valence-electron chi connectivity index (χ4n) is 3.56. The number of amides is 1. The molecular weight excluding hydrogens is 397 g/mol. The Hall–Kier alpha value is -3.30. The fourth-order valence-corrected chi connectivity index (χ4v) is 3.56. The summed E-state index contributed by atoms with van der Waals surface area (Å²) in [6.07, 6.45) is 1.15. The van der Waals surface area contributed by atoms with Crippen molar-refractivity contribution < 1.29 is 18.0 Å². The van der Waals surface area contributed by atoms with Crippen LogP contribution in [0.3, 0.4) is 0 Å². The largest absolute Gasteiger partial charge is 0.410 e. The second-order valence-corrected chi connectivity index (χ2v) is 7.17. The molecule has 3 heterocycles. The molecule has 0 aliphatic carbocycles. The number of hydrogen-bond donors (Lipinski definition) is 2. The van der Waals surface area contributed by atoms with Gasteiger partial charge in [0, 0.05) is 38.0 Å². The minimum atomic E-state index is -4.48. The lowest BCUT2D eigenvalue weighted by atomic mass is 9.97. The summed E-state index contributed by atoms with van der Waals surface area (Å²) in [5.41, 5.74) is 0.716. The maximum atomic E-state index is 13.7. The monoisotopic (exact) mass is 418 g/mol. The van der Waals surface area contributed by atoms with Crippen molar-refractivity contribution in [2.24, 2.45) is 0 Å². The van der Waals surface area contributed by atoms with Gasteiger partial charge in [-0.05, 0) is 12.0 Å². The first kappa shape index (κ1) is 20.0. The van der Waals surface area contributed by atoms with E-state index in [4.69, 9.17) is 0 Å². The summed E-state index contributed by atoms with van der Waals surface area (Å²) in [7, 11) is 0. The molecule has 0 spiro atoms. The number of aromatic nitrogens is 4. The molecule has 0 bridgehead atoms. The molecule has 2 aromatic heterocycles. The van der Waals surface area contributed by atoms with Crippen molar-refractivity contribution in [3.05, 3.63) is 66.4 Å². The van der Waals surface area contributed by atoms with E-state index in [-0.39, 0.29) is 17.9 Å². The lowest BCUT2D eigenvalue weighted by Crippen LogP contribution is -2.35. The summed E-state index contributed by atoms with van der Waals surface area (Å²) in [4.78, 5) is 16.4. The van der Waals surface area contributed by atoms with Crippen molar-refractivity contribution in [2.45, 2.75) is 37.6 Å². The number of carbonyl (C=O) groups is 1. The average Bonchev–Trinajstić information content (AvgIpc) is 3.39. The van der Waals surface area contributed by atoms with E-state index in [0.717, 1.165) is 10.2 Å². The maximum absolute atomic E-state index is 13.7. The number of alkyl halides is 3. The van der Waals surface area contributed by atoms with Gasteiger partial charge in [-0.15, -0.1) is 0 Å². The number of rotatable bonds is 6. The van der Waals surface area contributed by atoms with Gasteiger partial charge >= 0.3 is 6.18 Å². The molecule has 3 aromatic rings. The second kappa shape index (κ2) is 8.21. The van der Waals surface area contributed by atoms with Crippen molar-refractivity contribution in [1.82, 2.24) is 24.6 Å². The van der Waals surface area contributed by atoms with E-state index in [1.54, 1.807) is 36.8 Å². The molecular formula is C20H21F3N6O. The van der Waals surface area contributed by atoms with Crippen molar-refractivity contribution >= 4 is 11.7 Å². The number of imidazole rings is 1. The van der Waals surface area contributed by atoms with Crippen molar-refractivity contribution in [3.63, 3.8) is 0 Å². The Kier molecular flexibility index (Phi) is 5.47. The SMILES string of the molecule is O=C(NCCCn1ccnc1)c1cc2n(n1)C(C(F)(F)F)CC(c1ccccc1)N2. The molecule has 30 heavy (non-hydrogen) atoms. The van der Waals surface area contributed by atoms with Gasteiger partial charge < -0.3 is 15.2 Å². The highest BCUT2D eigenvalue weighted by Crippen LogP contribution is 2.43. The van der Waals surface area contributed by atoms with Crippen LogP contribution in [0.5, 0.6) is 0 Å². The zero-order chi connectivity index (χ0) is 21.1. The van der Waals surface area contributed by atoms with E-state index in [1.165, 1.54) is 6.07 Å². The standard InChI is InChI=1S/C20H21F3N6O/c21-20(22,23)17-11-15(14-5-2-1-3-6-14)26-18-12-16(27-29(17)18)19(30)25-7-4-9-28-10-8-24-13-28/h1-3,5-6,8,10,12-13,15,17,26H,4,7,9,11H2,(H,25,30). The van der Waals surface area contributed by atoms with Gasteiger partial charge in [-0.3, -0.25) is 4.79 Å². The minimum absolute atomic E-state index is 0.0388. The number of nitrogens with one attached hydrogen (secondary N) is 2. The molecule has 2 atom stereocenters. The quantitative estimate of drug-likeness (QED) is 0.600. The van der Waals surface area contributed by atoms with Crippen LogP contribution in [0.25, 0.3) is 0 Å². The van der Waals surface area contributed by atoms with Gasteiger partial charge in [0.2, 0.25) is 0 Å². The zero-order valence-electron chi connectivity index (χ0n) is 16.0. The van der Waals surface area contributed by atoms with Crippen LogP contribution in [0.2, 0.25) is 0 Å². The number of fused-ring (bicyclic) bond motifs is 1. The van der Waals surface area contributed by atoms with E-state index < -0.39 is 24.2 Å². The molecule has 1 amide bonds. The molecule has 7 nitrogen and oxygen atoms in total. The predicted molar refractivity (Wildman–Crippen MR) is 104 cm³/mol. The molecule has 2 unspecified atom stereocenters. The first-order chi connectivity index (χ1) is 14.4. The molecule has 1 aliphatic heterocycles. The van der Waals surface area contributed by atoms with Crippen LogP contribution in [0.4, 0.5) is 19.0 Å². The van der Waals surface area contributed by atoms with Gasteiger partial charge in [-0.1, -0.05) is 30.3 Å². The van der Waals surface area contributed by atoms with Gasteiger partial charge in [0.25, 0.3) is 5.91 Å². The topological polar surface area (TPSA) is 76.8 Å². The molecule has 2 N–H and O–H groups in total. The Labute approximate surface area is 170 Å². The highest BCUT2D eigenvalue weighted by Gasteiger charge is 2.46. The Morgan fingerprint density at radius 3 is 2.77 bits per heavy atom. The molecule has 0 saturated carbocycles. The number of hydrogen-bond acceptors (Lipinski definition) is 4. The van der Waals surface area contributed by atoms with Crippen LogP contribution < -0.4 is 10.6 Å². The number of benzene rings is 1. The van der Waals surface area contributed by atoms with Crippen LogP contribution in [-0.4, -0.2) is 38.0 Å². The van der Waals surface area contributed by atoms with Gasteiger partial charge in [-0.2, -0.15) is 18.3 Å². The van der Waals surface area contributed by atoms with E-state index >= 15 is 0 Å². The third-order valence-electron chi connectivity index (χ3n) is 5.06. The average molecular weight is 418 g/mol. The van der Waals surface area contributed by atoms with E-state index in [0.29, 0.717) is 19.5 Å². The number of anilines is 1. The zero-order valence-corrected chi connectivity index (χ0v) is 16.0. The van der Waals surface area contributed by atoms with E-state index in [9.17, 15) is 18.0 Å². The summed E-state index contributed by atoms with van der Waals surface area (Å²) in [6.45, 7) is 1.05. The van der Waals surface area contributed by atoms with Gasteiger partial charge in [0.15, 0.2) is 11.7 Å². The lowest BCUT2D eigenvalue weighted by molar-refractivity contribution is -0.173. The lowest BCUT2D eigenvalue weighted by Gasteiger charge is -2.33. The van der Waals surface area contributed by atoms with Crippen LogP contribution in [-0.2, 0) is 6.54 Å². The number of nitrogens with zero attached hydrogens (tertiary/aromatic N) is 4. The summed E-state index contributed by atoms with van der Waals surface area (Å²) in [5.74, 6) is -0.317. The number of carbonyl (C=O) groups excluding carboxylic acids is 1. The second-order valence-electron chi connectivity index (χ2n) is 7.17. The first-order valence-corrected chi connectivity index (χ1v) is 9.63. The molecule has 158 valence electrons.